The van der Waals surface area contributed by atoms with Crippen molar-refractivity contribution in [2.75, 3.05) is 14.2 Å². The van der Waals surface area contributed by atoms with Crippen LogP contribution >= 0.6 is 0 Å². The molecule has 4 rings (SSSR count). The number of nitrogens with zero attached hydrogens (tertiary/aromatic N) is 1. The first kappa shape index (κ1) is 20.7. The van der Waals surface area contributed by atoms with Gasteiger partial charge >= 0.3 is 0 Å². The van der Waals surface area contributed by atoms with Gasteiger partial charge in [0.05, 0.1) is 25.8 Å². The number of hydrogen-bond donors (Lipinski definition) is 0. The SMILES string of the molecule is COc1cc(F)cc(OC)c1C1CC=CC(=O)N1Cc1cccc(-c2ccccc2)c1. The first-order valence-corrected chi connectivity index (χ1v) is 10.1. The normalized spacial score (nSPS) is 15.8. The zero-order valence-electron chi connectivity index (χ0n) is 17.5. The second-order valence-corrected chi connectivity index (χ2v) is 7.41. The van der Waals surface area contributed by atoms with Gasteiger partial charge in [-0.3, -0.25) is 4.79 Å². The van der Waals surface area contributed by atoms with Crippen molar-refractivity contribution in [1.29, 1.82) is 0 Å². The van der Waals surface area contributed by atoms with E-state index in [9.17, 15) is 9.18 Å². The van der Waals surface area contributed by atoms with Crippen LogP contribution in [0, 0.1) is 5.82 Å². The molecular weight excluding hydrogens is 393 g/mol. The largest absolute Gasteiger partial charge is 0.496 e. The molecule has 158 valence electrons. The van der Waals surface area contributed by atoms with Crippen molar-refractivity contribution in [3.8, 4) is 22.6 Å². The lowest BCUT2D eigenvalue weighted by Gasteiger charge is -2.35. The summed E-state index contributed by atoms with van der Waals surface area (Å²) in [7, 11) is 2.98. The van der Waals surface area contributed by atoms with Gasteiger partial charge in [0, 0.05) is 18.7 Å². The van der Waals surface area contributed by atoms with Crippen LogP contribution < -0.4 is 9.47 Å². The van der Waals surface area contributed by atoms with E-state index in [1.165, 1.54) is 26.4 Å². The molecule has 5 heteroatoms. The predicted molar refractivity (Wildman–Crippen MR) is 118 cm³/mol. The summed E-state index contributed by atoms with van der Waals surface area (Å²) in [5.41, 5.74) is 3.89. The van der Waals surface area contributed by atoms with Crippen LogP contribution in [-0.2, 0) is 11.3 Å². The third-order valence-electron chi connectivity index (χ3n) is 5.51. The minimum Gasteiger partial charge on any atom is -0.496 e. The molecule has 31 heavy (non-hydrogen) atoms. The van der Waals surface area contributed by atoms with Crippen molar-refractivity contribution in [3.05, 3.63) is 95.8 Å². The Balaban J connectivity index is 1.71. The second kappa shape index (κ2) is 9.04. The third-order valence-corrected chi connectivity index (χ3v) is 5.51. The van der Waals surface area contributed by atoms with Crippen LogP contribution in [0.25, 0.3) is 11.1 Å². The Hall–Kier alpha value is -3.60. The number of methoxy groups -OCH3 is 2. The Labute approximate surface area is 181 Å². The van der Waals surface area contributed by atoms with Gasteiger partial charge in [0.25, 0.3) is 0 Å². The number of rotatable bonds is 6. The van der Waals surface area contributed by atoms with E-state index in [4.69, 9.17) is 9.47 Å². The van der Waals surface area contributed by atoms with Crippen LogP contribution in [0.1, 0.15) is 23.6 Å². The molecule has 1 atom stereocenters. The molecule has 1 amide bonds. The van der Waals surface area contributed by atoms with E-state index < -0.39 is 5.82 Å². The lowest BCUT2D eigenvalue weighted by molar-refractivity contribution is -0.129. The van der Waals surface area contributed by atoms with Crippen LogP contribution in [0.3, 0.4) is 0 Å². The first-order chi connectivity index (χ1) is 15.1. The number of carbonyl (C=O) groups excluding carboxylic acids is 1. The third kappa shape index (κ3) is 4.31. The Kier molecular flexibility index (Phi) is 6.03. The monoisotopic (exact) mass is 417 g/mol. The van der Waals surface area contributed by atoms with E-state index in [1.807, 2.05) is 36.4 Å². The highest BCUT2D eigenvalue weighted by Crippen LogP contribution is 2.42. The maximum Gasteiger partial charge on any atom is 0.247 e. The Bertz CT molecular complexity index is 1090. The average Bonchev–Trinajstić information content (AvgIpc) is 2.80. The average molecular weight is 417 g/mol. The molecule has 4 nitrogen and oxygen atoms in total. The van der Waals surface area contributed by atoms with Crippen LogP contribution in [0.15, 0.2) is 78.9 Å². The lowest BCUT2D eigenvalue weighted by atomic mass is 9.95. The zero-order valence-corrected chi connectivity index (χ0v) is 17.5. The van der Waals surface area contributed by atoms with E-state index in [0.717, 1.165) is 16.7 Å². The van der Waals surface area contributed by atoms with Gasteiger partial charge in [0.1, 0.15) is 17.3 Å². The highest BCUT2D eigenvalue weighted by atomic mass is 19.1. The Morgan fingerprint density at radius 2 is 1.61 bits per heavy atom. The zero-order chi connectivity index (χ0) is 21.8. The van der Waals surface area contributed by atoms with Crippen molar-refractivity contribution < 1.29 is 18.7 Å². The summed E-state index contributed by atoms with van der Waals surface area (Å²) in [6.45, 7) is 0.415. The minimum absolute atomic E-state index is 0.102. The molecular formula is C26H24FNO3. The van der Waals surface area contributed by atoms with Crippen molar-refractivity contribution in [2.45, 2.75) is 19.0 Å². The fraction of sp³-hybridized carbons (Fsp3) is 0.192. The topological polar surface area (TPSA) is 38.8 Å². The molecule has 1 heterocycles. The second-order valence-electron chi connectivity index (χ2n) is 7.41. The number of carbonyl (C=O) groups is 1. The van der Waals surface area contributed by atoms with Crippen LogP contribution in [-0.4, -0.2) is 25.0 Å². The van der Waals surface area contributed by atoms with Gasteiger partial charge in [0.2, 0.25) is 5.91 Å². The van der Waals surface area contributed by atoms with Crippen molar-refractivity contribution >= 4 is 5.91 Å². The Morgan fingerprint density at radius 3 is 2.29 bits per heavy atom. The molecule has 1 aliphatic rings. The smallest absolute Gasteiger partial charge is 0.247 e. The number of halogens is 1. The molecule has 0 saturated carbocycles. The number of benzene rings is 3. The van der Waals surface area contributed by atoms with Gasteiger partial charge in [-0.2, -0.15) is 0 Å². The van der Waals surface area contributed by atoms with Crippen LogP contribution in [0.4, 0.5) is 4.39 Å². The molecule has 0 fully saturated rings. The summed E-state index contributed by atoms with van der Waals surface area (Å²) < 4.78 is 24.9. The van der Waals surface area contributed by atoms with Crippen LogP contribution in [0.2, 0.25) is 0 Å². The van der Waals surface area contributed by atoms with E-state index in [-0.39, 0.29) is 11.9 Å². The number of ether oxygens (including phenoxy) is 2. The highest BCUT2D eigenvalue weighted by molar-refractivity contribution is 5.89. The van der Waals surface area contributed by atoms with Crippen molar-refractivity contribution in [3.63, 3.8) is 0 Å². The minimum atomic E-state index is -0.447. The maximum absolute atomic E-state index is 14.0. The summed E-state index contributed by atoms with van der Waals surface area (Å²) in [6, 6.07) is 20.6. The standard InChI is InChI=1S/C26H24FNO3/c1-30-23-15-21(27)16-24(31-2)26(23)22-12-7-13-25(29)28(22)17-18-8-6-11-20(14-18)19-9-4-3-5-10-19/h3-11,13-16,22H,12,17H2,1-2H3. The fourth-order valence-electron chi connectivity index (χ4n) is 4.05. The molecule has 1 unspecified atom stereocenters. The molecule has 3 aromatic carbocycles. The van der Waals surface area contributed by atoms with Gasteiger partial charge in [-0.15, -0.1) is 0 Å². The predicted octanol–water partition coefficient (Wildman–Crippen LogP) is 5.54. The highest BCUT2D eigenvalue weighted by Gasteiger charge is 2.31. The van der Waals surface area contributed by atoms with Gasteiger partial charge < -0.3 is 14.4 Å². The van der Waals surface area contributed by atoms with Gasteiger partial charge in [-0.1, -0.05) is 54.6 Å². The Morgan fingerprint density at radius 1 is 0.935 bits per heavy atom. The van der Waals surface area contributed by atoms with Crippen molar-refractivity contribution in [1.82, 2.24) is 4.90 Å². The molecule has 0 aromatic heterocycles. The summed E-state index contributed by atoms with van der Waals surface area (Å²) >= 11 is 0. The van der Waals surface area contributed by atoms with Gasteiger partial charge in [-0.25, -0.2) is 4.39 Å². The molecule has 1 aliphatic heterocycles. The molecule has 0 radical (unpaired) electrons. The first-order valence-electron chi connectivity index (χ1n) is 10.1. The summed E-state index contributed by atoms with van der Waals surface area (Å²) in [4.78, 5) is 14.7. The number of amides is 1. The number of hydrogen-bond acceptors (Lipinski definition) is 3. The summed E-state index contributed by atoms with van der Waals surface area (Å²) in [5, 5.41) is 0. The molecule has 3 aromatic rings. The van der Waals surface area contributed by atoms with Crippen LogP contribution in [0.5, 0.6) is 11.5 Å². The van der Waals surface area contributed by atoms with E-state index in [0.29, 0.717) is 30.0 Å². The van der Waals surface area contributed by atoms with E-state index in [2.05, 4.69) is 24.3 Å². The lowest BCUT2D eigenvalue weighted by Crippen LogP contribution is -2.35. The van der Waals surface area contributed by atoms with Crippen molar-refractivity contribution in [2.24, 2.45) is 0 Å². The summed E-state index contributed by atoms with van der Waals surface area (Å²) in [6.07, 6.45) is 4.01. The van der Waals surface area contributed by atoms with Gasteiger partial charge in [-0.05, 0) is 35.3 Å². The molecule has 0 spiro atoms. The van der Waals surface area contributed by atoms with E-state index >= 15 is 0 Å². The summed E-state index contributed by atoms with van der Waals surface area (Å²) in [5.74, 6) is 0.188. The fourth-order valence-corrected chi connectivity index (χ4v) is 4.05. The van der Waals surface area contributed by atoms with Gasteiger partial charge in [0.15, 0.2) is 0 Å². The quantitative estimate of drug-likeness (QED) is 0.529. The molecule has 0 saturated heterocycles. The molecule has 0 aliphatic carbocycles. The molecule has 0 N–H and O–H groups in total. The maximum atomic E-state index is 14.0. The molecule has 0 bridgehead atoms. The van der Waals surface area contributed by atoms with E-state index in [1.54, 1.807) is 11.0 Å².